The van der Waals surface area contributed by atoms with E-state index in [0.29, 0.717) is 0 Å². The van der Waals surface area contributed by atoms with Crippen molar-refractivity contribution in [3.05, 3.63) is 48.3 Å². The minimum atomic E-state index is -4.66. The summed E-state index contributed by atoms with van der Waals surface area (Å²) in [7, 11) is -2.56. The Hall–Kier alpha value is -3.55. The molecule has 0 fully saturated rings. The lowest BCUT2D eigenvalue weighted by atomic mass is 10.2. The van der Waals surface area contributed by atoms with E-state index in [2.05, 4.69) is 19.6 Å². The Labute approximate surface area is 203 Å². The van der Waals surface area contributed by atoms with Gasteiger partial charge in [-0.25, -0.2) is 23.0 Å². The number of hydrogen-bond acceptors (Lipinski definition) is 7. The molecule has 0 saturated carbocycles. The number of halogens is 5. The smallest absolute Gasteiger partial charge is 0.408 e. The zero-order valence-corrected chi connectivity index (χ0v) is 20.3. The first kappa shape index (κ1) is 27.0. The molecule has 0 aliphatic heterocycles. The summed E-state index contributed by atoms with van der Waals surface area (Å²) >= 11 is 0. The highest BCUT2D eigenvalue weighted by molar-refractivity contribution is 7.92. The first-order valence-electron chi connectivity index (χ1n) is 10.4. The first-order chi connectivity index (χ1) is 16.6. The Balaban J connectivity index is 1.93. The molecule has 3 rings (SSSR count). The molecule has 1 amide bonds. The van der Waals surface area contributed by atoms with Crippen LogP contribution in [0.15, 0.2) is 41.0 Å². The average Bonchev–Trinajstić information content (AvgIpc) is 2.73. The van der Waals surface area contributed by atoms with Gasteiger partial charge in [-0.05, 0) is 32.0 Å². The fraction of sp³-hybridized carbons (Fsp3) is 0.318. The maximum atomic E-state index is 15.0. The molecule has 0 aliphatic carbocycles. The molecule has 2 atom stereocenters. The van der Waals surface area contributed by atoms with Crippen LogP contribution in [0.5, 0.6) is 5.75 Å². The fourth-order valence-corrected chi connectivity index (χ4v) is 3.62. The monoisotopic (exact) mass is 531 g/mol. The third-order valence-corrected chi connectivity index (χ3v) is 5.37. The number of ether oxygens (including phenoxy) is 1. The summed E-state index contributed by atoms with van der Waals surface area (Å²) in [5.41, 5.74) is 0.296. The van der Waals surface area contributed by atoms with Crippen molar-refractivity contribution < 1.29 is 35.7 Å². The minimum absolute atomic E-state index is 0.0444. The highest BCUT2D eigenvalue weighted by Crippen LogP contribution is 2.34. The molecule has 14 heteroatoms. The van der Waals surface area contributed by atoms with Gasteiger partial charge in [0.2, 0.25) is 0 Å². The van der Waals surface area contributed by atoms with Crippen molar-refractivity contribution in [3.63, 3.8) is 0 Å². The molecule has 0 spiro atoms. The molecule has 0 radical (unpaired) electrons. The van der Waals surface area contributed by atoms with Gasteiger partial charge in [0.15, 0.2) is 6.10 Å². The van der Waals surface area contributed by atoms with Crippen molar-refractivity contribution in [2.24, 2.45) is 4.36 Å². The molecule has 1 unspecified atom stereocenters. The van der Waals surface area contributed by atoms with Crippen LogP contribution in [-0.2, 0) is 14.5 Å². The normalized spacial score (nSPS) is 13.7. The number of aromatic nitrogens is 2. The number of amides is 1. The van der Waals surface area contributed by atoms with Crippen molar-refractivity contribution in [1.82, 2.24) is 15.3 Å². The number of rotatable bonds is 7. The molecule has 3 aromatic rings. The lowest BCUT2D eigenvalue weighted by Gasteiger charge is -2.21. The number of anilines is 2. The Morgan fingerprint density at radius 3 is 2.44 bits per heavy atom. The van der Waals surface area contributed by atoms with Crippen LogP contribution in [0.1, 0.15) is 13.8 Å². The van der Waals surface area contributed by atoms with E-state index < -0.39 is 45.6 Å². The number of carbonyl (C=O) groups excluding carboxylic acids is 1. The van der Waals surface area contributed by atoms with Crippen LogP contribution in [0, 0.1) is 11.6 Å². The second kappa shape index (κ2) is 10.2. The molecule has 2 N–H and O–H groups in total. The van der Waals surface area contributed by atoms with Crippen LogP contribution in [0.4, 0.5) is 39.1 Å². The third kappa shape index (κ3) is 6.77. The molecule has 194 valence electrons. The number of hydrogen-bond donors (Lipinski definition) is 2. The Bertz CT molecular complexity index is 1420. The standard InChI is InChI=1S/C22H22F5N5O3S/c1-11(21(33)30-12(2)22(25,26)27)35-18-7-13(23)5-6-16(18)31-20-19-15(24)8-14(32-36(3,4)34)9-17(19)28-10-29-20/h5-12H,1-4H3,(H,30,33)(H,28,29,31)/t11-,12?/m1/s1. The maximum Gasteiger partial charge on any atom is 0.408 e. The molecule has 1 aromatic heterocycles. The molecular weight excluding hydrogens is 509 g/mol. The topological polar surface area (TPSA) is 106 Å². The Morgan fingerprint density at radius 2 is 1.81 bits per heavy atom. The van der Waals surface area contributed by atoms with Crippen LogP contribution in [0.2, 0.25) is 0 Å². The van der Waals surface area contributed by atoms with Gasteiger partial charge in [-0.2, -0.15) is 17.5 Å². The van der Waals surface area contributed by atoms with Crippen molar-refractivity contribution in [2.75, 3.05) is 17.8 Å². The summed E-state index contributed by atoms with van der Waals surface area (Å²) in [4.78, 5) is 20.2. The van der Waals surface area contributed by atoms with Gasteiger partial charge in [0.25, 0.3) is 5.91 Å². The van der Waals surface area contributed by atoms with Crippen LogP contribution >= 0.6 is 0 Å². The summed E-state index contributed by atoms with van der Waals surface area (Å²) in [6, 6.07) is 3.54. The second-order valence-corrected chi connectivity index (χ2v) is 10.7. The van der Waals surface area contributed by atoms with Gasteiger partial charge in [-0.15, -0.1) is 0 Å². The predicted octanol–water partition coefficient (Wildman–Crippen LogP) is 4.85. The number of nitrogens with one attached hydrogen (secondary N) is 2. The summed E-state index contributed by atoms with van der Waals surface area (Å²) in [6.45, 7) is 1.96. The SMILES string of the molecule is CC(NC(=O)[C@@H](C)Oc1cc(F)ccc1Nc1ncnc2cc(N=S(C)(C)=O)cc(F)c12)C(F)(F)F. The second-order valence-electron chi connectivity index (χ2n) is 8.11. The van der Waals surface area contributed by atoms with Gasteiger partial charge in [0.05, 0.1) is 22.3 Å². The predicted molar refractivity (Wildman–Crippen MR) is 125 cm³/mol. The molecular formula is C22H22F5N5O3S. The van der Waals surface area contributed by atoms with Gasteiger partial charge >= 0.3 is 6.18 Å². The highest BCUT2D eigenvalue weighted by atomic mass is 32.2. The Morgan fingerprint density at radius 1 is 1.11 bits per heavy atom. The van der Waals surface area contributed by atoms with Crippen LogP contribution < -0.4 is 15.4 Å². The molecule has 0 bridgehead atoms. The zero-order valence-electron chi connectivity index (χ0n) is 19.5. The highest BCUT2D eigenvalue weighted by Gasteiger charge is 2.38. The van der Waals surface area contributed by atoms with E-state index in [9.17, 15) is 31.0 Å². The van der Waals surface area contributed by atoms with Crippen molar-refractivity contribution in [2.45, 2.75) is 32.2 Å². The first-order valence-corrected chi connectivity index (χ1v) is 12.7. The number of carbonyl (C=O) groups is 1. The molecule has 1 heterocycles. The minimum Gasteiger partial charge on any atom is -0.479 e. The third-order valence-electron chi connectivity index (χ3n) is 4.72. The van der Waals surface area contributed by atoms with E-state index in [1.165, 1.54) is 31.6 Å². The summed E-state index contributed by atoms with van der Waals surface area (Å²) in [6.07, 6.45) is -2.18. The van der Waals surface area contributed by atoms with E-state index >= 15 is 0 Å². The van der Waals surface area contributed by atoms with E-state index in [4.69, 9.17) is 4.74 Å². The largest absolute Gasteiger partial charge is 0.479 e. The summed E-state index contributed by atoms with van der Waals surface area (Å²) < 4.78 is 88.5. The van der Waals surface area contributed by atoms with E-state index in [-0.39, 0.29) is 33.8 Å². The van der Waals surface area contributed by atoms with Crippen LogP contribution in [-0.4, -0.2) is 50.9 Å². The zero-order chi connectivity index (χ0) is 26.8. The molecule has 0 aliphatic rings. The van der Waals surface area contributed by atoms with Crippen LogP contribution in [0.3, 0.4) is 0 Å². The van der Waals surface area contributed by atoms with Gasteiger partial charge in [-0.1, -0.05) is 0 Å². The van der Waals surface area contributed by atoms with Crippen LogP contribution in [0.25, 0.3) is 10.9 Å². The van der Waals surface area contributed by atoms with Gasteiger partial charge < -0.3 is 15.4 Å². The van der Waals surface area contributed by atoms with E-state index in [1.54, 1.807) is 5.32 Å². The van der Waals surface area contributed by atoms with Crippen molar-refractivity contribution >= 4 is 43.7 Å². The average molecular weight is 532 g/mol. The Kier molecular flexibility index (Phi) is 7.67. The lowest BCUT2D eigenvalue weighted by molar-refractivity contribution is -0.160. The number of fused-ring (bicyclic) bond motifs is 1. The number of alkyl halides is 3. The van der Waals surface area contributed by atoms with E-state index in [0.717, 1.165) is 31.5 Å². The number of benzene rings is 2. The van der Waals surface area contributed by atoms with Gasteiger partial charge in [0.1, 0.15) is 35.6 Å². The fourth-order valence-electron chi connectivity index (χ4n) is 3.01. The summed E-state index contributed by atoms with van der Waals surface area (Å²) in [5, 5.41) is 4.49. The van der Waals surface area contributed by atoms with E-state index in [1.807, 2.05) is 0 Å². The quantitative estimate of drug-likeness (QED) is 0.423. The molecule has 0 saturated heterocycles. The lowest BCUT2D eigenvalue weighted by Crippen LogP contribution is -2.47. The van der Waals surface area contributed by atoms with Crippen molar-refractivity contribution in [1.29, 1.82) is 0 Å². The molecule has 2 aromatic carbocycles. The maximum absolute atomic E-state index is 15.0. The van der Waals surface area contributed by atoms with Gasteiger partial charge in [-0.3, -0.25) is 4.79 Å². The van der Waals surface area contributed by atoms with Crippen molar-refractivity contribution in [3.8, 4) is 5.75 Å². The summed E-state index contributed by atoms with van der Waals surface area (Å²) in [5.74, 6) is -2.88. The molecule has 36 heavy (non-hydrogen) atoms. The molecule has 8 nitrogen and oxygen atoms in total. The number of nitrogens with zero attached hydrogens (tertiary/aromatic N) is 3. The van der Waals surface area contributed by atoms with Gasteiger partial charge in [0, 0.05) is 34.4 Å².